The number of benzene rings is 1. The molecule has 4 saturated heterocycles. The predicted molar refractivity (Wildman–Crippen MR) is 116 cm³/mol. The summed E-state index contributed by atoms with van der Waals surface area (Å²) in [4.78, 5) is 7.36. The van der Waals surface area contributed by atoms with Gasteiger partial charge in [0, 0.05) is 57.2 Å². The van der Waals surface area contributed by atoms with Crippen molar-refractivity contribution in [2.24, 2.45) is 5.41 Å². The summed E-state index contributed by atoms with van der Waals surface area (Å²) in [6.07, 6.45) is 8.50. The fourth-order valence-electron chi connectivity index (χ4n) is 6.32. The molecular formula is C24H36FN3O. The van der Waals surface area contributed by atoms with Gasteiger partial charge in [-0.1, -0.05) is 0 Å². The first-order valence-electron chi connectivity index (χ1n) is 11.8. The second-order valence-corrected chi connectivity index (χ2v) is 9.89. The Balaban J connectivity index is 1.27. The second kappa shape index (κ2) is 8.07. The lowest BCUT2D eigenvalue weighted by Crippen LogP contribution is -2.46. The topological polar surface area (TPSA) is 19.0 Å². The molecule has 5 rings (SSSR count). The first kappa shape index (κ1) is 19.6. The highest BCUT2D eigenvalue weighted by molar-refractivity contribution is 5.58. The van der Waals surface area contributed by atoms with E-state index in [-0.39, 0.29) is 5.82 Å². The third-order valence-electron chi connectivity index (χ3n) is 8.09. The third-order valence-corrected chi connectivity index (χ3v) is 8.09. The van der Waals surface area contributed by atoms with Gasteiger partial charge in [-0.3, -0.25) is 4.90 Å². The molecule has 0 aromatic heterocycles. The highest BCUT2D eigenvalue weighted by atomic mass is 19.1. The van der Waals surface area contributed by atoms with Gasteiger partial charge in [-0.2, -0.15) is 0 Å². The zero-order chi connectivity index (χ0) is 19.8. The van der Waals surface area contributed by atoms with Gasteiger partial charge in [-0.05, 0) is 82.0 Å². The lowest BCUT2D eigenvalue weighted by Gasteiger charge is -2.46. The van der Waals surface area contributed by atoms with Crippen molar-refractivity contribution in [1.29, 1.82) is 0 Å². The van der Waals surface area contributed by atoms with Gasteiger partial charge in [0.25, 0.3) is 0 Å². The molecule has 0 N–H and O–H groups in total. The van der Waals surface area contributed by atoms with Gasteiger partial charge in [0.05, 0.1) is 5.69 Å². The highest BCUT2D eigenvalue weighted by Gasteiger charge is 2.38. The van der Waals surface area contributed by atoms with Gasteiger partial charge in [-0.15, -0.1) is 0 Å². The summed E-state index contributed by atoms with van der Waals surface area (Å²) in [5.74, 6) is -0.0513. The third kappa shape index (κ3) is 3.88. The molecule has 1 spiro atoms. The molecule has 4 aliphatic heterocycles. The van der Waals surface area contributed by atoms with E-state index in [0.29, 0.717) is 17.5 Å². The molecule has 0 saturated carbocycles. The Hall–Kier alpha value is -1.33. The molecule has 4 aliphatic rings. The van der Waals surface area contributed by atoms with Crippen LogP contribution in [0.5, 0.6) is 0 Å². The smallest absolute Gasteiger partial charge is 0.148 e. The van der Waals surface area contributed by atoms with Gasteiger partial charge in [0.1, 0.15) is 5.82 Å². The van der Waals surface area contributed by atoms with Crippen LogP contribution >= 0.6 is 0 Å². The second-order valence-electron chi connectivity index (χ2n) is 9.89. The summed E-state index contributed by atoms with van der Waals surface area (Å²) < 4.78 is 20.8. The molecule has 1 aromatic rings. The van der Waals surface area contributed by atoms with Crippen molar-refractivity contribution in [3.63, 3.8) is 0 Å². The monoisotopic (exact) mass is 401 g/mol. The number of hydrogen-bond donors (Lipinski definition) is 0. The maximum absolute atomic E-state index is 15.2. The van der Waals surface area contributed by atoms with Crippen molar-refractivity contribution in [2.75, 3.05) is 55.7 Å². The molecule has 4 heterocycles. The van der Waals surface area contributed by atoms with Crippen LogP contribution in [-0.4, -0.2) is 62.9 Å². The lowest BCUT2D eigenvalue weighted by atomic mass is 9.74. The number of halogens is 1. The maximum Gasteiger partial charge on any atom is 0.148 e. The standard InChI is InChI=1S/C24H36FN3O/c1-19-4-2-12-28(19)21-7-13-26(17-21)20-5-6-23(22(25)16-20)27-11-3-8-24(18-27)9-14-29-15-10-24/h5-6,16,19,21H,2-4,7-15,17-18H2,1H3/t19-,21-/m0/s1. The number of ether oxygens (including phenoxy) is 1. The predicted octanol–water partition coefficient (Wildman–Crippen LogP) is 4.29. The summed E-state index contributed by atoms with van der Waals surface area (Å²) in [7, 11) is 0. The first-order valence-corrected chi connectivity index (χ1v) is 11.8. The van der Waals surface area contributed by atoms with Crippen LogP contribution in [0.2, 0.25) is 0 Å². The van der Waals surface area contributed by atoms with Crippen molar-refractivity contribution < 1.29 is 9.13 Å². The molecule has 29 heavy (non-hydrogen) atoms. The summed E-state index contributed by atoms with van der Waals surface area (Å²) in [6, 6.07) is 7.31. The van der Waals surface area contributed by atoms with E-state index in [9.17, 15) is 0 Å². The zero-order valence-corrected chi connectivity index (χ0v) is 17.9. The van der Waals surface area contributed by atoms with Crippen LogP contribution in [0.25, 0.3) is 0 Å². The number of anilines is 2. The fourth-order valence-corrected chi connectivity index (χ4v) is 6.32. The van der Waals surface area contributed by atoms with E-state index in [2.05, 4.69) is 27.7 Å². The largest absolute Gasteiger partial charge is 0.381 e. The number of piperidine rings is 1. The van der Waals surface area contributed by atoms with E-state index >= 15 is 4.39 Å². The van der Waals surface area contributed by atoms with Crippen molar-refractivity contribution in [3.05, 3.63) is 24.0 Å². The Kier molecular flexibility index (Phi) is 5.46. The van der Waals surface area contributed by atoms with E-state index in [0.717, 1.165) is 70.0 Å². The molecule has 4 nitrogen and oxygen atoms in total. The normalized spacial score (nSPS) is 30.4. The van der Waals surface area contributed by atoms with E-state index in [4.69, 9.17) is 4.74 Å². The summed E-state index contributed by atoms with van der Waals surface area (Å²) >= 11 is 0. The number of hydrogen-bond acceptors (Lipinski definition) is 4. The van der Waals surface area contributed by atoms with Gasteiger partial charge in [0.15, 0.2) is 0 Å². The van der Waals surface area contributed by atoms with Crippen LogP contribution in [0.4, 0.5) is 15.8 Å². The van der Waals surface area contributed by atoms with E-state index < -0.39 is 0 Å². The zero-order valence-electron chi connectivity index (χ0n) is 17.9. The molecule has 160 valence electrons. The number of likely N-dealkylation sites (tertiary alicyclic amines) is 1. The van der Waals surface area contributed by atoms with Gasteiger partial charge < -0.3 is 14.5 Å². The molecule has 0 bridgehead atoms. The van der Waals surface area contributed by atoms with Crippen LogP contribution in [0.15, 0.2) is 18.2 Å². The Morgan fingerprint density at radius 2 is 1.86 bits per heavy atom. The minimum Gasteiger partial charge on any atom is -0.381 e. The summed E-state index contributed by atoms with van der Waals surface area (Å²) in [5, 5.41) is 0. The van der Waals surface area contributed by atoms with Crippen LogP contribution in [0.1, 0.15) is 51.9 Å². The molecular weight excluding hydrogens is 365 g/mol. The minimum absolute atomic E-state index is 0.0513. The Bertz CT molecular complexity index is 715. The molecule has 0 aliphatic carbocycles. The Morgan fingerprint density at radius 1 is 1.00 bits per heavy atom. The van der Waals surface area contributed by atoms with Crippen LogP contribution < -0.4 is 9.80 Å². The molecule has 5 heteroatoms. The Labute approximate surface area is 175 Å². The van der Waals surface area contributed by atoms with Crippen LogP contribution in [-0.2, 0) is 4.74 Å². The Morgan fingerprint density at radius 3 is 2.62 bits per heavy atom. The number of rotatable bonds is 3. The summed E-state index contributed by atoms with van der Waals surface area (Å²) in [5.41, 5.74) is 2.18. The molecule has 0 amide bonds. The highest BCUT2D eigenvalue weighted by Crippen LogP contribution is 2.41. The minimum atomic E-state index is -0.0513. The van der Waals surface area contributed by atoms with Crippen LogP contribution in [0, 0.1) is 11.2 Å². The van der Waals surface area contributed by atoms with Crippen molar-refractivity contribution in [1.82, 2.24) is 4.90 Å². The fraction of sp³-hybridized carbons (Fsp3) is 0.750. The van der Waals surface area contributed by atoms with E-state index in [1.165, 1.54) is 32.2 Å². The molecule has 2 atom stereocenters. The number of nitrogens with zero attached hydrogens (tertiary/aromatic N) is 3. The van der Waals surface area contributed by atoms with E-state index in [1.807, 2.05) is 6.07 Å². The SMILES string of the molecule is C[C@H]1CCCN1[C@H]1CCN(c2ccc(N3CCCC4(CCOCC4)C3)c(F)c2)C1. The van der Waals surface area contributed by atoms with Gasteiger partial charge in [-0.25, -0.2) is 4.39 Å². The lowest BCUT2D eigenvalue weighted by molar-refractivity contribution is 0.00749. The van der Waals surface area contributed by atoms with Gasteiger partial charge in [0.2, 0.25) is 0 Å². The average molecular weight is 402 g/mol. The van der Waals surface area contributed by atoms with Gasteiger partial charge >= 0.3 is 0 Å². The van der Waals surface area contributed by atoms with Crippen molar-refractivity contribution >= 4 is 11.4 Å². The van der Waals surface area contributed by atoms with Crippen molar-refractivity contribution in [3.8, 4) is 0 Å². The first-order chi connectivity index (χ1) is 14.1. The molecule has 1 aromatic carbocycles. The summed E-state index contributed by atoms with van der Waals surface area (Å²) in [6.45, 7) is 9.34. The quantitative estimate of drug-likeness (QED) is 0.752. The molecule has 0 radical (unpaired) electrons. The molecule has 4 fully saturated rings. The van der Waals surface area contributed by atoms with Crippen molar-refractivity contribution in [2.45, 2.75) is 64.0 Å². The van der Waals surface area contributed by atoms with E-state index in [1.54, 1.807) is 6.07 Å². The average Bonchev–Trinajstić information content (AvgIpc) is 3.37. The van der Waals surface area contributed by atoms with Crippen LogP contribution in [0.3, 0.4) is 0 Å². The molecule has 0 unspecified atom stereocenters. The maximum atomic E-state index is 15.2.